The molecule has 2 aliphatic rings. The fraction of sp³-hybridized carbons (Fsp3) is 0.467. The van der Waals surface area contributed by atoms with Crippen LogP contribution in [0.2, 0.25) is 0 Å². The Balaban J connectivity index is 1.65. The van der Waals surface area contributed by atoms with Crippen LogP contribution in [0.5, 0.6) is 0 Å². The number of urea groups is 1. The summed E-state index contributed by atoms with van der Waals surface area (Å²) >= 11 is 0. The second-order valence-corrected chi connectivity index (χ2v) is 7.56. The van der Waals surface area contributed by atoms with Crippen LogP contribution in [0.25, 0.3) is 0 Å². The average molecular weight is 336 g/mol. The second kappa shape index (κ2) is 6.19. The Morgan fingerprint density at radius 3 is 3.00 bits per heavy atom. The maximum atomic E-state index is 12.2. The van der Waals surface area contributed by atoms with Crippen LogP contribution in [-0.2, 0) is 10.0 Å². The van der Waals surface area contributed by atoms with Crippen LogP contribution < -0.4 is 10.6 Å². The van der Waals surface area contributed by atoms with Crippen molar-refractivity contribution in [3.05, 3.63) is 24.3 Å². The summed E-state index contributed by atoms with van der Waals surface area (Å²) in [4.78, 5) is 14.1. The SMILES string of the molecule is CC1CCCN(C(=O)NCC2=NS(=O)(=O)c3ccccc3N2)C1. The first-order chi connectivity index (χ1) is 11.0. The highest BCUT2D eigenvalue weighted by atomic mass is 32.2. The number of sulfonamides is 1. The number of nitrogens with one attached hydrogen (secondary N) is 2. The number of amides is 2. The van der Waals surface area contributed by atoms with E-state index in [0.29, 0.717) is 11.6 Å². The molecule has 0 aromatic heterocycles. The van der Waals surface area contributed by atoms with E-state index >= 15 is 0 Å². The zero-order valence-electron chi connectivity index (χ0n) is 12.9. The van der Waals surface area contributed by atoms with Gasteiger partial charge in [0.05, 0.1) is 12.2 Å². The Kier molecular flexibility index (Phi) is 4.25. The minimum atomic E-state index is -3.71. The van der Waals surface area contributed by atoms with Gasteiger partial charge in [0.25, 0.3) is 10.0 Å². The lowest BCUT2D eigenvalue weighted by Gasteiger charge is -2.31. The number of nitrogens with zero attached hydrogens (tertiary/aromatic N) is 2. The van der Waals surface area contributed by atoms with Gasteiger partial charge in [0, 0.05) is 13.1 Å². The summed E-state index contributed by atoms with van der Waals surface area (Å²) in [5.41, 5.74) is 0.485. The number of likely N-dealkylation sites (tertiary alicyclic amines) is 1. The van der Waals surface area contributed by atoms with Crippen LogP contribution in [0.1, 0.15) is 19.8 Å². The molecule has 2 N–H and O–H groups in total. The number of amidine groups is 1. The van der Waals surface area contributed by atoms with Crippen molar-refractivity contribution in [2.75, 3.05) is 25.0 Å². The molecule has 8 heteroatoms. The predicted octanol–water partition coefficient (Wildman–Crippen LogP) is 1.64. The van der Waals surface area contributed by atoms with Gasteiger partial charge in [0.2, 0.25) is 0 Å². The molecular weight excluding hydrogens is 316 g/mol. The molecule has 0 spiro atoms. The number of anilines is 1. The Morgan fingerprint density at radius 1 is 1.43 bits per heavy atom. The number of piperidine rings is 1. The highest BCUT2D eigenvalue weighted by Crippen LogP contribution is 2.26. The number of carbonyl (C=O) groups excluding carboxylic acids is 1. The van der Waals surface area contributed by atoms with Gasteiger partial charge in [0.15, 0.2) is 0 Å². The Morgan fingerprint density at radius 2 is 2.22 bits per heavy atom. The molecule has 1 unspecified atom stereocenters. The van der Waals surface area contributed by atoms with E-state index in [0.717, 1.165) is 25.9 Å². The minimum Gasteiger partial charge on any atom is -0.340 e. The van der Waals surface area contributed by atoms with E-state index in [2.05, 4.69) is 22.0 Å². The van der Waals surface area contributed by atoms with Crippen molar-refractivity contribution >= 4 is 27.6 Å². The number of hydrogen-bond acceptors (Lipinski definition) is 4. The highest BCUT2D eigenvalue weighted by Gasteiger charge is 2.25. The van der Waals surface area contributed by atoms with Crippen LogP contribution >= 0.6 is 0 Å². The molecule has 124 valence electrons. The minimum absolute atomic E-state index is 0.0529. The molecule has 3 rings (SSSR count). The first-order valence-electron chi connectivity index (χ1n) is 7.68. The number of benzene rings is 1. The molecule has 2 amide bonds. The van der Waals surface area contributed by atoms with Gasteiger partial charge < -0.3 is 15.5 Å². The van der Waals surface area contributed by atoms with Crippen LogP contribution in [0, 0.1) is 5.92 Å². The molecule has 0 bridgehead atoms. The first-order valence-corrected chi connectivity index (χ1v) is 9.12. The molecule has 1 fully saturated rings. The van der Waals surface area contributed by atoms with Gasteiger partial charge in [-0.2, -0.15) is 8.42 Å². The van der Waals surface area contributed by atoms with E-state index in [4.69, 9.17) is 0 Å². The van der Waals surface area contributed by atoms with Gasteiger partial charge in [-0.25, -0.2) is 4.79 Å². The third-order valence-corrected chi connectivity index (χ3v) is 5.40. The zero-order chi connectivity index (χ0) is 16.4. The number of hydrogen-bond donors (Lipinski definition) is 2. The van der Waals surface area contributed by atoms with E-state index < -0.39 is 10.0 Å². The summed E-state index contributed by atoms with van der Waals surface area (Å²) in [6, 6.07) is 6.40. The monoisotopic (exact) mass is 336 g/mol. The number of fused-ring (bicyclic) bond motifs is 1. The molecule has 2 heterocycles. The summed E-state index contributed by atoms with van der Waals surface area (Å²) in [5, 5.41) is 5.70. The second-order valence-electron chi connectivity index (χ2n) is 5.99. The molecule has 1 saturated heterocycles. The standard InChI is InChI=1S/C15H20N4O3S/c1-11-5-4-8-19(10-11)15(20)16-9-14-17-12-6-2-3-7-13(12)23(21,22)18-14/h2-3,6-7,11H,4-5,8-10H2,1H3,(H,16,20)(H,17,18). The van der Waals surface area contributed by atoms with E-state index in [1.807, 2.05) is 0 Å². The third-order valence-electron chi connectivity index (χ3n) is 4.03. The van der Waals surface area contributed by atoms with E-state index in [1.165, 1.54) is 6.07 Å². The molecular formula is C15H20N4O3S. The maximum Gasteiger partial charge on any atom is 0.317 e. The molecule has 2 aliphatic heterocycles. The van der Waals surface area contributed by atoms with Crippen LogP contribution in [0.3, 0.4) is 0 Å². The smallest absolute Gasteiger partial charge is 0.317 e. The molecule has 0 aliphatic carbocycles. The average Bonchev–Trinajstić information content (AvgIpc) is 2.52. The lowest BCUT2D eigenvalue weighted by molar-refractivity contribution is 0.171. The van der Waals surface area contributed by atoms with Crippen molar-refractivity contribution in [2.45, 2.75) is 24.7 Å². The lowest BCUT2D eigenvalue weighted by atomic mass is 10.0. The summed E-state index contributed by atoms with van der Waals surface area (Å²) < 4.78 is 28.0. The molecule has 0 radical (unpaired) electrons. The van der Waals surface area contributed by atoms with Crippen LogP contribution in [0.15, 0.2) is 33.6 Å². The third kappa shape index (κ3) is 3.47. The number of para-hydroxylation sites is 1. The van der Waals surface area contributed by atoms with Crippen LogP contribution in [-0.4, -0.2) is 44.8 Å². The van der Waals surface area contributed by atoms with E-state index in [1.54, 1.807) is 23.1 Å². The molecule has 1 aromatic carbocycles. The number of rotatable bonds is 2. The van der Waals surface area contributed by atoms with Crippen LogP contribution in [0.4, 0.5) is 10.5 Å². The van der Waals surface area contributed by atoms with Gasteiger partial charge in [-0.3, -0.25) is 0 Å². The fourth-order valence-electron chi connectivity index (χ4n) is 2.89. The summed E-state index contributed by atoms with van der Waals surface area (Å²) in [5.74, 6) is 0.717. The largest absolute Gasteiger partial charge is 0.340 e. The van der Waals surface area contributed by atoms with Crippen molar-refractivity contribution in [1.82, 2.24) is 10.2 Å². The van der Waals surface area contributed by atoms with Crippen molar-refractivity contribution in [3.8, 4) is 0 Å². The first kappa shape index (κ1) is 15.8. The lowest BCUT2D eigenvalue weighted by Crippen LogP contribution is -2.47. The molecule has 1 aromatic rings. The molecule has 7 nitrogen and oxygen atoms in total. The normalized spacial score (nSPS) is 22.6. The molecule has 23 heavy (non-hydrogen) atoms. The zero-order valence-corrected chi connectivity index (χ0v) is 13.8. The van der Waals surface area contributed by atoms with Gasteiger partial charge in [-0.05, 0) is 30.9 Å². The van der Waals surface area contributed by atoms with Crippen molar-refractivity contribution in [1.29, 1.82) is 0 Å². The summed E-state index contributed by atoms with van der Waals surface area (Å²) in [6.45, 7) is 3.64. The van der Waals surface area contributed by atoms with Crippen molar-refractivity contribution in [2.24, 2.45) is 10.3 Å². The van der Waals surface area contributed by atoms with E-state index in [9.17, 15) is 13.2 Å². The highest BCUT2D eigenvalue weighted by molar-refractivity contribution is 7.90. The molecule has 1 atom stereocenters. The van der Waals surface area contributed by atoms with Crippen molar-refractivity contribution < 1.29 is 13.2 Å². The summed E-state index contributed by atoms with van der Waals surface area (Å²) in [7, 11) is -3.71. The van der Waals surface area contributed by atoms with E-state index in [-0.39, 0.29) is 23.3 Å². The Bertz CT molecular complexity index is 745. The van der Waals surface area contributed by atoms with Gasteiger partial charge >= 0.3 is 6.03 Å². The summed E-state index contributed by atoms with van der Waals surface area (Å²) in [6.07, 6.45) is 2.13. The quantitative estimate of drug-likeness (QED) is 0.859. The number of carbonyl (C=O) groups is 1. The van der Waals surface area contributed by atoms with Gasteiger partial charge in [-0.1, -0.05) is 19.1 Å². The fourth-order valence-corrected chi connectivity index (χ4v) is 4.04. The maximum absolute atomic E-state index is 12.2. The van der Waals surface area contributed by atoms with Gasteiger partial charge in [-0.15, -0.1) is 4.40 Å². The topological polar surface area (TPSA) is 90.9 Å². The predicted molar refractivity (Wildman–Crippen MR) is 88.1 cm³/mol. The Labute approximate surface area is 135 Å². The van der Waals surface area contributed by atoms with Gasteiger partial charge in [0.1, 0.15) is 10.7 Å². The van der Waals surface area contributed by atoms with Crippen molar-refractivity contribution in [3.63, 3.8) is 0 Å². The molecule has 0 saturated carbocycles. The Hall–Kier alpha value is -2.09.